The summed E-state index contributed by atoms with van der Waals surface area (Å²) in [5, 5.41) is 2.61. The van der Waals surface area contributed by atoms with Crippen molar-refractivity contribution in [2.24, 2.45) is 0 Å². The van der Waals surface area contributed by atoms with E-state index in [0.717, 1.165) is 35.5 Å². The Kier molecular flexibility index (Phi) is 6.53. The zero-order valence-electron chi connectivity index (χ0n) is 15.3. The molecule has 6 heteroatoms. The number of hydrogen-bond donors (Lipinski definition) is 1. The number of rotatable bonds is 7. The molecule has 0 radical (unpaired) electrons. The Morgan fingerprint density at radius 3 is 2.59 bits per heavy atom. The fraction of sp³-hybridized carbons (Fsp3) is 0.238. The fourth-order valence-corrected chi connectivity index (χ4v) is 3.91. The molecule has 2 aromatic rings. The minimum Gasteiger partial charge on any atom is -0.496 e. The first-order valence-corrected chi connectivity index (χ1v) is 9.95. The number of thioether (sulfide) groups is 1. The lowest BCUT2D eigenvalue weighted by molar-refractivity contribution is -0.115. The van der Waals surface area contributed by atoms with Crippen molar-refractivity contribution in [3.05, 3.63) is 64.1 Å². The van der Waals surface area contributed by atoms with Crippen molar-refractivity contribution in [1.82, 2.24) is 5.32 Å². The maximum absolute atomic E-state index is 11.7. The molecule has 3 rings (SSSR count). The molecular weight excluding hydrogens is 378 g/mol. The number of hydrogen-bond acceptors (Lipinski definition) is 5. The van der Waals surface area contributed by atoms with Gasteiger partial charge in [0.05, 0.1) is 12.0 Å². The van der Waals surface area contributed by atoms with E-state index in [-0.39, 0.29) is 5.91 Å². The average Bonchev–Trinajstić information content (AvgIpc) is 2.99. The molecule has 0 saturated carbocycles. The van der Waals surface area contributed by atoms with Gasteiger partial charge in [0, 0.05) is 5.56 Å². The molecule has 140 valence electrons. The lowest BCUT2D eigenvalue weighted by atomic mass is 10.0. The normalized spacial score (nSPS) is 15.1. The van der Waals surface area contributed by atoms with Crippen molar-refractivity contribution in [2.75, 3.05) is 7.11 Å². The van der Waals surface area contributed by atoms with Crippen LogP contribution < -0.4 is 14.8 Å². The third kappa shape index (κ3) is 4.90. The van der Waals surface area contributed by atoms with Crippen LogP contribution in [0.2, 0.25) is 0 Å². The lowest BCUT2D eigenvalue weighted by Gasteiger charge is -2.14. The van der Waals surface area contributed by atoms with E-state index < -0.39 is 0 Å². The molecule has 0 bridgehead atoms. The largest absolute Gasteiger partial charge is 0.496 e. The van der Waals surface area contributed by atoms with Crippen molar-refractivity contribution in [2.45, 2.75) is 26.4 Å². The summed E-state index contributed by atoms with van der Waals surface area (Å²) in [5.41, 5.74) is 3.26. The van der Waals surface area contributed by atoms with Crippen LogP contribution in [0.3, 0.4) is 0 Å². The van der Waals surface area contributed by atoms with Crippen molar-refractivity contribution in [1.29, 1.82) is 0 Å². The Balaban J connectivity index is 1.68. The third-order valence-corrected chi connectivity index (χ3v) is 5.33. The Labute approximate surface area is 168 Å². The van der Waals surface area contributed by atoms with Crippen LogP contribution in [-0.2, 0) is 17.8 Å². The number of carbonyl (C=O) groups is 1. The topological polar surface area (TPSA) is 47.6 Å². The van der Waals surface area contributed by atoms with Gasteiger partial charge in [-0.15, -0.1) is 0 Å². The van der Waals surface area contributed by atoms with Crippen molar-refractivity contribution in [3.63, 3.8) is 0 Å². The molecule has 4 nitrogen and oxygen atoms in total. The van der Waals surface area contributed by atoms with Gasteiger partial charge in [0.25, 0.3) is 5.91 Å². The second-order valence-electron chi connectivity index (χ2n) is 6.06. The standard InChI is InChI=1S/C21H21NO3S2/c1-3-5-17-15(6-4-7-18(17)24-2)13-25-16-10-8-14(9-11-16)12-19-20(23)22-21(26)27-19/h4,6-12H,3,5,13H2,1-2H3,(H,22,23,26). The van der Waals surface area contributed by atoms with Crippen molar-refractivity contribution in [3.8, 4) is 11.5 Å². The number of amides is 1. The second kappa shape index (κ2) is 9.06. The number of methoxy groups -OCH3 is 1. The fourth-order valence-electron chi connectivity index (χ4n) is 2.87. The SMILES string of the molecule is CCCc1c(COc2ccc(C=C3SC(=S)NC3=O)cc2)cccc1OC. The first-order valence-electron chi connectivity index (χ1n) is 8.73. The monoisotopic (exact) mass is 399 g/mol. The molecule has 1 N–H and O–H groups in total. The van der Waals surface area contributed by atoms with Gasteiger partial charge in [-0.05, 0) is 41.8 Å². The molecule has 0 aliphatic carbocycles. The molecular formula is C21H21NO3S2. The Bertz CT molecular complexity index is 875. The van der Waals surface area contributed by atoms with Crippen LogP contribution in [0.15, 0.2) is 47.4 Å². The third-order valence-electron chi connectivity index (χ3n) is 4.16. The number of ether oxygens (including phenoxy) is 2. The highest BCUT2D eigenvalue weighted by atomic mass is 32.2. The summed E-state index contributed by atoms with van der Waals surface area (Å²) in [4.78, 5) is 12.3. The minimum atomic E-state index is -0.146. The molecule has 1 heterocycles. The Hall–Kier alpha value is -2.31. The maximum Gasteiger partial charge on any atom is 0.263 e. The average molecular weight is 400 g/mol. The molecule has 1 fully saturated rings. The summed E-state index contributed by atoms with van der Waals surface area (Å²) in [6, 6.07) is 13.7. The highest BCUT2D eigenvalue weighted by Gasteiger charge is 2.21. The smallest absolute Gasteiger partial charge is 0.263 e. The molecule has 2 aromatic carbocycles. The van der Waals surface area contributed by atoms with Gasteiger partial charge in [-0.1, -0.05) is 61.6 Å². The van der Waals surface area contributed by atoms with E-state index in [1.165, 1.54) is 17.3 Å². The van der Waals surface area contributed by atoms with Gasteiger partial charge in [-0.2, -0.15) is 0 Å². The molecule has 1 aliphatic heterocycles. The van der Waals surface area contributed by atoms with E-state index in [1.807, 2.05) is 42.5 Å². The second-order valence-corrected chi connectivity index (χ2v) is 7.78. The predicted molar refractivity (Wildman–Crippen MR) is 114 cm³/mol. The van der Waals surface area contributed by atoms with E-state index in [0.29, 0.717) is 15.8 Å². The van der Waals surface area contributed by atoms with Crippen LogP contribution in [0.4, 0.5) is 0 Å². The lowest BCUT2D eigenvalue weighted by Crippen LogP contribution is -2.17. The summed E-state index contributed by atoms with van der Waals surface area (Å²) in [5.74, 6) is 1.54. The number of benzene rings is 2. The quantitative estimate of drug-likeness (QED) is 0.539. The van der Waals surface area contributed by atoms with E-state index in [1.54, 1.807) is 7.11 Å². The highest BCUT2D eigenvalue weighted by molar-refractivity contribution is 8.26. The number of nitrogens with one attached hydrogen (secondary N) is 1. The van der Waals surface area contributed by atoms with Crippen LogP contribution in [0, 0.1) is 0 Å². The van der Waals surface area contributed by atoms with Crippen LogP contribution in [0.1, 0.15) is 30.0 Å². The van der Waals surface area contributed by atoms with Crippen LogP contribution in [0.25, 0.3) is 6.08 Å². The van der Waals surface area contributed by atoms with E-state index >= 15 is 0 Å². The van der Waals surface area contributed by atoms with Gasteiger partial charge in [0.15, 0.2) is 0 Å². The number of thiocarbonyl (C=S) groups is 1. The zero-order valence-corrected chi connectivity index (χ0v) is 16.9. The summed E-state index contributed by atoms with van der Waals surface area (Å²) in [6.07, 6.45) is 3.83. The molecule has 1 saturated heterocycles. The van der Waals surface area contributed by atoms with E-state index in [9.17, 15) is 4.79 Å². The molecule has 0 unspecified atom stereocenters. The van der Waals surface area contributed by atoms with Gasteiger partial charge in [-0.25, -0.2) is 0 Å². The molecule has 0 spiro atoms. The van der Waals surface area contributed by atoms with E-state index in [4.69, 9.17) is 21.7 Å². The van der Waals surface area contributed by atoms with Crippen LogP contribution in [0.5, 0.6) is 11.5 Å². The maximum atomic E-state index is 11.7. The van der Waals surface area contributed by atoms with Crippen LogP contribution >= 0.6 is 24.0 Å². The Morgan fingerprint density at radius 1 is 1.19 bits per heavy atom. The zero-order chi connectivity index (χ0) is 19.2. The van der Waals surface area contributed by atoms with Gasteiger partial charge in [0.1, 0.15) is 22.4 Å². The highest BCUT2D eigenvalue weighted by Crippen LogP contribution is 2.27. The molecule has 1 amide bonds. The van der Waals surface area contributed by atoms with Gasteiger partial charge < -0.3 is 14.8 Å². The van der Waals surface area contributed by atoms with Crippen LogP contribution in [-0.4, -0.2) is 17.3 Å². The molecule has 0 aromatic heterocycles. The van der Waals surface area contributed by atoms with Gasteiger partial charge in [-0.3, -0.25) is 4.79 Å². The van der Waals surface area contributed by atoms with E-state index in [2.05, 4.69) is 18.3 Å². The summed E-state index contributed by atoms with van der Waals surface area (Å²) < 4.78 is 11.9. The summed E-state index contributed by atoms with van der Waals surface area (Å²) in [6.45, 7) is 2.64. The Morgan fingerprint density at radius 2 is 1.96 bits per heavy atom. The molecule has 1 aliphatic rings. The van der Waals surface area contributed by atoms with Crippen molar-refractivity contribution < 1.29 is 14.3 Å². The summed E-state index contributed by atoms with van der Waals surface area (Å²) >= 11 is 6.28. The van der Waals surface area contributed by atoms with Crippen molar-refractivity contribution >= 4 is 40.3 Å². The summed E-state index contributed by atoms with van der Waals surface area (Å²) in [7, 11) is 1.70. The first kappa shape index (κ1) is 19.5. The molecule has 0 atom stereocenters. The predicted octanol–water partition coefficient (Wildman–Crippen LogP) is 4.72. The van der Waals surface area contributed by atoms with Gasteiger partial charge in [0.2, 0.25) is 0 Å². The number of carbonyl (C=O) groups excluding carboxylic acids is 1. The first-order chi connectivity index (χ1) is 13.1. The molecule has 27 heavy (non-hydrogen) atoms. The minimum absolute atomic E-state index is 0.146. The van der Waals surface area contributed by atoms with Gasteiger partial charge >= 0.3 is 0 Å².